The van der Waals surface area contributed by atoms with E-state index in [0.29, 0.717) is 16.3 Å². The second-order valence-electron chi connectivity index (χ2n) is 11.1. The van der Waals surface area contributed by atoms with E-state index in [4.69, 9.17) is 51.7 Å². The molecule has 0 unspecified atom stereocenters. The Hall–Kier alpha value is -3.86. The first kappa shape index (κ1) is 36.0. The van der Waals surface area contributed by atoms with Crippen LogP contribution < -0.4 is 10.5 Å². The van der Waals surface area contributed by atoms with Crippen LogP contribution in [0.3, 0.4) is 0 Å². The summed E-state index contributed by atoms with van der Waals surface area (Å²) in [5.41, 5.74) is -0.657. The molecule has 1 fully saturated rings. The van der Waals surface area contributed by atoms with E-state index >= 15 is 0 Å². The fraction of sp³-hybridized carbons (Fsp3) is 0.367. The Kier molecular flexibility index (Phi) is 11.1. The number of benzene rings is 2. The summed E-state index contributed by atoms with van der Waals surface area (Å²) in [5.74, 6) is -3.23. The van der Waals surface area contributed by atoms with Crippen molar-refractivity contribution in [2.45, 2.75) is 56.0 Å². The molecule has 1 aliphatic heterocycles. The van der Waals surface area contributed by atoms with Crippen molar-refractivity contribution in [3.05, 3.63) is 81.7 Å². The molecule has 0 saturated carbocycles. The molecule has 1 aromatic heterocycles. The van der Waals surface area contributed by atoms with Gasteiger partial charge in [0.25, 0.3) is 0 Å². The average Bonchev–Trinajstić information content (AvgIpc) is 3.51. The number of morpholine rings is 1. The molecule has 47 heavy (non-hydrogen) atoms. The van der Waals surface area contributed by atoms with Crippen LogP contribution in [0.4, 0.5) is 10.5 Å². The van der Waals surface area contributed by atoms with Gasteiger partial charge in [0.05, 0.1) is 53.7 Å². The van der Waals surface area contributed by atoms with Gasteiger partial charge in [-0.2, -0.15) is 0 Å². The number of carbonyl (C=O) groups is 3. The Morgan fingerprint density at radius 1 is 1.11 bits per heavy atom. The van der Waals surface area contributed by atoms with Crippen LogP contribution in [0.1, 0.15) is 48.9 Å². The zero-order valence-electron chi connectivity index (χ0n) is 25.5. The van der Waals surface area contributed by atoms with Crippen molar-refractivity contribution in [2.24, 2.45) is 5.14 Å². The van der Waals surface area contributed by atoms with Gasteiger partial charge in [0.1, 0.15) is 17.3 Å². The summed E-state index contributed by atoms with van der Waals surface area (Å²) in [6.45, 7) is 3.86. The molecule has 3 aromatic rings. The monoisotopic (exact) mass is 713 g/mol. The number of primary sulfonamides is 1. The lowest BCUT2D eigenvalue weighted by atomic mass is 9.90. The normalized spacial score (nSPS) is 19.1. The van der Waals surface area contributed by atoms with Gasteiger partial charge in [-0.3, -0.25) is 9.69 Å². The van der Waals surface area contributed by atoms with Crippen LogP contribution in [0.5, 0.6) is 0 Å². The molecule has 2 atom stereocenters. The maximum atomic E-state index is 13.1. The molecule has 0 radical (unpaired) electrons. The van der Waals surface area contributed by atoms with Crippen LogP contribution in [-0.2, 0) is 46.1 Å². The number of nitrogens with one attached hydrogen (secondary N) is 1. The SMILES string of the molecule is C[C@@H]1N(C(=O)OCOC(=O)CCOC(=O)c2cc(S(N)(=O)=O)c(Cl)cc2NCc2ccco2)C(C)(C)CO[C@@]1(O)c1cccc(Cl)c1. The van der Waals surface area contributed by atoms with Crippen molar-refractivity contribution < 1.29 is 51.3 Å². The quantitative estimate of drug-likeness (QED) is 0.188. The molecule has 0 bridgehead atoms. The summed E-state index contributed by atoms with van der Waals surface area (Å²) >= 11 is 12.2. The van der Waals surface area contributed by atoms with Gasteiger partial charge in [0.15, 0.2) is 0 Å². The fourth-order valence-corrected chi connectivity index (χ4v) is 6.18. The van der Waals surface area contributed by atoms with Crippen molar-refractivity contribution in [1.82, 2.24) is 4.90 Å². The van der Waals surface area contributed by atoms with Gasteiger partial charge in [0.2, 0.25) is 22.6 Å². The van der Waals surface area contributed by atoms with E-state index in [1.54, 1.807) is 51.1 Å². The third-order valence-corrected chi connectivity index (χ3v) is 8.87. The number of hydrogen-bond acceptors (Lipinski definition) is 12. The maximum absolute atomic E-state index is 13.1. The number of aliphatic hydroxyl groups is 1. The van der Waals surface area contributed by atoms with E-state index in [0.717, 1.165) is 6.07 Å². The van der Waals surface area contributed by atoms with Gasteiger partial charge in [0, 0.05) is 10.6 Å². The smallest absolute Gasteiger partial charge is 0.413 e. The average molecular weight is 715 g/mol. The van der Waals surface area contributed by atoms with Crippen LogP contribution in [0.25, 0.3) is 0 Å². The van der Waals surface area contributed by atoms with Gasteiger partial charge >= 0.3 is 18.0 Å². The third kappa shape index (κ3) is 8.54. The molecule has 2 aromatic carbocycles. The summed E-state index contributed by atoms with van der Waals surface area (Å²) in [6, 6.07) is 11.0. The molecule has 1 saturated heterocycles. The van der Waals surface area contributed by atoms with E-state index in [2.05, 4.69) is 5.32 Å². The Bertz CT molecular complexity index is 1730. The topological polar surface area (TPSA) is 197 Å². The van der Waals surface area contributed by atoms with Gasteiger partial charge in [-0.05, 0) is 57.2 Å². The van der Waals surface area contributed by atoms with Crippen molar-refractivity contribution in [1.29, 1.82) is 0 Å². The predicted octanol–water partition coefficient (Wildman–Crippen LogP) is 4.37. The summed E-state index contributed by atoms with van der Waals surface area (Å²) in [5, 5.41) is 19.7. The predicted molar refractivity (Wildman–Crippen MR) is 168 cm³/mol. The third-order valence-electron chi connectivity index (χ3n) is 7.26. The number of esters is 2. The highest BCUT2D eigenvalue weighted by molar-refractivity contribution is 7.89. The van der Waals surface area contributed by atoms with Crippen LogP contribution >= 0.6 is 23.2 Å². The lowest BCUT2D eigenvalue weighted by Crippen LogP contribution is -2.66. The number of halogens is 2. The molecule has 2 heterocycles. The van der Waals surface area contributed by atoms with Gasteiger partial charge in [-0.15, -0.1) is 0 Å². The first-order chi connectivity index (χ1) is 22.0. The summed E-state index contributed by atoms with van der Waals surface area (Å²) in [7, 11) is -4.29. The molecule has 4 rings (SSSR count). The Morgan fingerprint density at radius 3 is 2.51 bits per heavy atom. The van der Waals surface area contributed by atoms with E-state index < -0.39 is 70.1 Å². The number of nitrogens with zero attached hydrogens (tertiary/aromatic N) is 1. The highest BCUT2D eigenvalue weighted by Gasteiger charge is 2.53. The fourth-order valence-electron chi connectivity index (χ4n) is 4.89. The molecule has 0 spiro atoms. The minimum Gasteiger partial charge on any atom is -0.467 e. The molecular formula is C30H33Cl2N3O11S. The van der Waals surface area contributed by atoms with Crippen molar-refractivity contribution in [3.8, 4) is 0 Å². The van der Waals surface area contributed by atoms with E-state index in [-0.39, 0.29) is 29.4 Å². The molecule has 0 aliphatic carbocycles. The van der Waals surface area contributed by atoms with E-state index in [1.165, 1.54) is 23.3 Å². The molecule has 1 amide bonds. The summed E-state index contributed by atoms with van der Waals surface area (Å²) in [6.07, 6.45) is 0.144. The minimum absolute atomic E-state index is 0.0486. The highest BCUT2D eigenvalue weighted by atomic mass is 35.5. The minimum atomic E-state index is -4.29. The van der Waals surface area contributed by atoms with Gasteiger partial charge in [-0.25, -0.2) is 23.1 Å². The van der Waals surface area contributed by atoms with Crippen molar-refractivity contribution >= 4 is 56.9 Å². The van der Waals surface area contributed by atoms with Crippen LogP contribution in [-0.4, -0.2) is 68.0 Å². The Balaban J connectivity index is 1.33. The first-order valence-corrected chi connectivity index (χ1v) is 16.4. The number of hydrogen-bond donors (Lipinski definition) is 3. The zero-order chi connectivity index (χ0) is 34.6. The highest BCUT2D eigenvalue weighted by Crippen LogP contribution is 2.40. The summed E-state index contributed by atoms with van der Waals surface area (Å²) < 4.78 is 50.3. The van der Waals surface area contributed by atoms with Crippen molar-refractivity contribution in [3.63, 3.8) is 0 Å². The molecule has 14 nitrogen and oxygen atoms in total. The standard InChI is InChI=1S/C30H33Cl2N3O11S/c1-18-30(39,19-6-4-7-20(31)12-19)46-16-29(2,3)35(18)28(38)45-17-44-26(36)9-11-43-27(37)22-13-25(47(33,40)41)23(32)14-24(22)34-15-21-8-5-10-42-21/h4-8,10,12-14,18,34,39H,9,11,15-17H2,1-3H3,(H2,33,40,41)/t18-,30+/m0/s1. The Morgan fingerprint density at radius 2 is 1.85 bits per heavy atom. The van der Waals surface area contributed by atoms with Crippen LogP contribution in [0.15, 0.2) is 64.1 Å². The molecule has 1 aliphatic rings. The number of amides is 1. The van der Waals surface area contributed by atoms with E-state index in [1.807, 2.05) is 0 Å². The first-order valence-electron chi connectivity index (χ1n) is 14.1. The molecule has 17 heteroatoms. The number of rotatable bonds is 11. The van der Waals surface area contributed by atoms with Gasteiger partial charge in [-0.1, -0.05) is 35.3 Å². The molecule has 254 valence electrons. The number of nitrogens with two attached hydrogens (primary N) is 1. The lowest BCUT2D eigenvalue weighted by Gasteiger charge is -2.52. The lowest BCUT2D eigenvalue weighted by molar-refractivity contribution is -0.295. The Labute approximate surface area is 280 Å². The van der Waals surface area contributed by atoms with Gasteiger partial charge < -0.3 is 33.8 Å². The second kappa shape index (κ2) is 14.5. The van der Waals surface area contributed by atoms with Crippen LogP contribution in [0.2, 0.25) is 10.0 Å². The van der Waals surface area contributed by atoms with Crippen LogP contribution in [0, 0.1) is 0 Å². The molecular weight excluding hydrogens is 681 g/mol. The summed E-state index contributed by atoms with van der Waals surface area (Å²) in [4.78, 5) is 39.1. The second-order valence-corrected chi connectivity index (χ2v) is 13.5. The van der Waals surface area contributed by atoms with Crippen molar-refractivity contribution in [2.75, 3.05) is 25.3 Å². The number of anilines is 1. The number of ether oxygens (including phenoxy) is 4. The zero-order valence-corrected chi connectivity index (χ0v) is 27.9. The maximum Gasteiger partial charge on any atom is 0.413 e. The number of sulfonamides is 1. The molecule has 4 N–H and O–H groups in total. The largest absolute Gasteiger partial charge is 0.467 e. The number of furan rings is 1. The number of carbonyl (C=O) groups excluding carboxylic acids is 3. The van der Waals surface area contributed by atoms with E-state index in [9.17, 15) is 27.9 Å².